The van der Waals surface area contributed by atoms with Crippen LogP contribution in [0.1, 0.15) is 53.9 Å². The molecule has 138 valence electrons. The quantitative estimate of drug-likeness (QED) is 0.398. The third kappa shape index (κ3) is 7.08. The van der Waals surface area contributed by atoms with E-state index in [2.05, 4.69) is 84.2 Å². The number of ether oxygens (including phenoxy) is 1. The number of unbranched alkanes of at least 4 members (excludes halogenated alkanes) is 1. The molecule has 0 bridgehead atoms. The van der Waals surface area contributed by atoms with Crippen molar-refractivity contribution in [2.45, 2.75) is 84.2 Å². The lowest BCUT2D eigenvalue weighted by Gasteiger charge is -2.43. The third-order valence-corrected chi connectivity index (χ3v) is 9.56. The van der Waals surface area contributed by atoms with Gasteiger partial charge in [-0.05, 0) is 36.9 Å². The Morgan fingerprint density at radius 3 is 2.42 bits per heavy atom. The van der Waals surface area contributed by atoms with E-state index in [4.69, 9.17) is 9.16 Å². The Bertz CT molecular complexity index is 443. The Morgan fingerprint density at radius 1 is 1.12 bits per heavy atom. The summed E-state index contributed by atoms with van der Waals surface area (Å²) in [5.74, 6) is 0.567. The Hall–Kier alpha value is -0.643. The average molecular weight is 351 g/mol. The van der Waals surface area contributed by atoms with E-state index < -0.39 is 8.32 Å². The van der Waals surface area contributed by atoms with E-state index in [0.717, 1.165) is 19.4 Å². The van der Waals surface area contributed by atoms with Crippen LogP contribution in [0, 0.1) is 5.92 Å². The molecule has 0 aromatic rings. The van der Waals surface area contributed by atoms with Gasteiger partial charge >= 0.3 is 0 Å². The van der Waals surface area contributed by atoms with Crippen molar-refractivity contribution < 1.29 is 9.16 Å². The topological polar surface area (TPSA) is 18.5 Å². The van der Waals surface area contributed by atoms with Crippen LogP contribution in [0.25, 0.3) is 0 Å². The Kier molecular flexibility index (Phi) is 8.68. The maximum absolute atomic E-state index is 6.66. The van der Waals surface area contributed by atoms with E-state index in [0.29, 0.717) is 5.92 Å². The lowest BCUT2D eigenvalue weighted by Crippen LogP contribution is -2.49. The predicted molar refractivity (Wildman–Crippen MR) is 108 cm³/mol. The van der Waals surface area contributed by atoms with Crippen LogP contribution in [-0.4, -0.2) is 27.1 Å². The molecule has 0 radical (unpaired) electrons. The van der Waals surface area contributed by atoms with Crippen molar-refractivity contribution in [3.8, 4) is 0 Å². The number of hydrogen-bond acceptors (Lipinski definition) is 2. The smallest absolute Gasteiger partial charge is 0.192 e. The summed E-state index contributed by atoms with van der Waals surface area (Å²) in [5.41, 5.74) is 0. The molecule has 0 aliphatic carbocycles. The summed E-state index contributed by atoms with van der Waals surface area (Å²) in [6, 6.07) is 0. The lowest BCUT2D eigenvalue weighted by atomic mass is 9.97. The SMILES string of the molecule is CCCC=CC=CC=C[C@@H]1OC[C@@H](C)C[C@H]1O[Si](C)(C)C(C)(C)C. The molecule has 0 saturated carbocycles. The van der Waals surface area contributed by atoms with Crippen LogP contribution in [0.15, 0.2) is 36.5 Å². The van der Waals surface area contributed by atoms with Crippen molar-refractivity contribution in [1.29, 1.82) is 0 Å². The van der Waals surface area contributed by atoms with Gasteiger partial charge in [0.15, 0.2) is 8.32 Å². The molecule has 0 aromatic heterocycles. The second-order valence-electron chi connectivity index (χ2n) is 8.54. The summed E-state index contributed by atoms with van der Waals surface area (Å²) < 4.78 is 12.7. The fraction of sp³-hybridized carbons (Fsp3) is 0.714. The highest BCUT2D eigenvalue weighted by atomic mass is 28.4. The molecule has 1 aliphatic heterocycles. The summed E-state index contributed by atoms with van der Waals surface area (Å²) in [6.07, 6.45) is 16.4. The summed E-state index contributed by atoms with van der Waals surface area (Å²) in [5, 5.41) is 0.228. The maximum Gasteiger partial charge on any atom is 0.192 e. The van der Waals surface area contributed by atoms with E-state index >= 15 is 0 Å². The normalized spacial score (nSPS) is 26.9. The van der Waals surface area contributed by atoms with Gasteiger partial charge in [-0.2, -0.15) is 0 Å². The monoisotopic (exact) mass is 350 g/mol. The van der Waals surface area contributed by atoms with Crippen molar-refractivity contribution in [1.82, 2.24) is 0 Å². The highest BCUT2D eigenvalue weighted by Crippen LogP contribution is 2.39. The van der Waals surface area contributed by atoms with Crippen molar-refractivity contribution in [3.63, 3.8) is 0 Å². The van der Waals surface area contributed by atoms with Crippen LogP contribution < -0.4 is 0 Å². The molecule has 0 unspecified atom stereocenters. The maximum atomic E-state index is 6.66. The first kappa shape index (κ1) is 21.4. The van der Waals surface area contributed by atoms with Crippen LogP contribution in [0.4, 0.5) is 0 Å². The predicted octanol–water partition coefficient (Wildman–Crippen LogP) is 6.27. The average Bonchev–Trinajstić information content (AvgIpc) is 2.46. The third-order valence-electron chi connectivity index (χ3n) is 5.05. The van der Waals surface area contributed by atoms with Crippen molar-refractivity contribution >= 4 is 8.32 Å². The van der Waals surface area contributed by atoms with Crippen LogP contribution in [-0.2, 0) is 9.16 Å². The lowest BCUT2D eigenvalue weighted by molar-refractivity contribution is -0.0652. The molecule has 1 heterocycles. The van der Waals surface area contributed by atoms with Gasteiger partial charge in [0.2, 0.25) is 0 Å². The van der Waals surface area contributed by atoms with Gasteiger partial charge < -0.3 is 9.16 Å². The van der Waals surface area contributed by atoms with E-state index in [1.807, 2.05) is 0 Å². The van der Waals surface area contributed by atoms with E-state index in [1.54, 1.807) is 0 Å². The molecule has 0 N–H and O–H groups in total. The van der Waals surface area contributed by atoms with Crippen molar-refractivity contribution in [2.75, 3.05) is 6.61 Å². The molecule has 0 amide bonds. The number of rotatable bonds is 7. The van der Waals surface area contributed by atoms with Gasteiger partial charge in [-0.3, -0.25) is 0 Å². The molecular formula is C21H38O2Si. The van der Waals surface area contributed by atoms with Gasteiger partial charge in [0.25, 0.3) is 0 Å². The first-order valence-electron chi connectivity index (χ1n) is 9.46. The minimum Gasteiger partial charge on any atom is -0.411 e. The van der Waals surface area contributed by atoms with Gasteiger partial charge in [0.1, 0.15) is 6.10 Å². The number of allylic oxidation sites excluding steroid dienone is 5. The second kappa shape index (κ2) is 9.74. The van der Waals surface area contributed by atoms with Gasteiger partial charge in [-0.1, -0.05) is 77.5 Å². The molecule has 1 aliphatic rings. The van der Waals surface area contributed by atoms with E-state index in [1.165, 1.54) is 6.42 Å². The molecule has 1 fully saturated rings. The fourth-order valence-electron chi connectivity index (χ4n) is 2.47. The molecule has 24 heavy (non-hydrogen) atoms. The molecule has 3 heteroatoms. The van der Waals surface area contributed by atoms with Crippen molar-refractivity contribution in [2.24, 2.45) is 5.92 Å². The Morgan fingerprint density at radius 2 is 1.79 bits per heavy atom. The van der Waals surface area contributed by atoms with Crippen LogP contribution in [0.5, 0.6) is 0 Å². The van der Waals surface area contributed by atoms with Crippen molar-refractivity contribution in [3.05, 3.63) is 36.5 Å². The molecule has 0 aromatic carbocycles. The Labute approximate surface area is 151 Å². The van der Waals surface area contributed by atoms with Gasteiger partial charge in [-0.15, -0.1) is 0 Å². The fourth-order valence-corrected chi connectivity index (χ4v) is 3.82. The zero-order valence-electron chi connectivity index (χ0n) is 16.8. The van der Waals surface area contributed by atoms with E-state index in [9.17, 15) is 0 Å². The second-order valence-corrected chi connectivity index (χ2v) is 13.3. The zero-order chi connectivity index (χ0) is 18.2. The first-order chi connectivity index (χ1) is 11.2. The molecule has 1 saturated heterocycles. The standard InChI is InChI=1S/C21H38O2Si/c1-8-9-10-11-12-13-14-15-19-20(16-18(2)17-22-19)23-24(6,7)21(3,4)5/h10-15,18-20H,8-9,16-17H2,1-7H3/t18-,19-,20+/m0/s1. The minimum absolute atomic E-state index is 0.0691. The molecule has 2 nitrogen and oxygen atoms in total. The summed E-state index contributed by atoms with van der Waals surface area (Å²) in [4.78, 5) is 0. The van der Waals surface area contributed by atoms with Gasteiger partial charge in [0, 0.05) is 0 Å². The highest BCUT2D eigenvalue weighted by Gasteiger charge is 2.41. The summed E-state index contributed by atoms with van der Waals surface area (Å²) in [6.45, 7) is 16.8. The zero-order valence-corrected chi connectivity index (χ0v) is 17.8. The van der Waals surface area contributed by atoms with Gasteiger partial charge in [-0.25, -0.2) is 0 Å². The number of hydrogen-bond donors (Lipinski definition) is 0. The van der Waals surface area contributed by atoms with Gasteiger partial charge in [0.05, 0.1) is 12.7 Å². The molecular weight excluding hydrogens is 312 g/mol. The molecule has 0 spiro atoms. The van der Waals surface area contributed by atoms with Crippen LogP contribution >= 0.6 is 0 Å². The highest BCUT2D eigenvalue weighted by molar-refractivity contribution is 6.74. The first-order valence-corrected chi connectivity index (χ1v) is 12.4. The van der Waals surface area contributed by atoms with Crippen LogP contribution in [0.3, 0.4) is 0 Å². The molecule has 1 rings (SSSR count). The summed E-state index contributed by atoms with van der Waals surface area (Å²) >= 11 is 0. The molecule has 3 atom stereocenters. The Balaban J connectivity index is 2.69. The van der Waals surface area contributed by atoms with Crippen LogP contribution in [0.2, 0.25) is 18.1 Å². The summed E-state index contributed by atoms with van der Waals surface area (Å²) in [7, 11) is -1.78. The minimum atomic E-state index is -1.78. The largest absolute Gasteiger partial charge is 0.411 e. The van der Waals surface area contributed by atoms with E-state index in [-0.39, 0.29) is 17.2 Å².